The molecule has 2 aliphatic heterocycles. The molecule has 0 aliphatic carbocycles. The number of fused-ring (bicyclic) bond motifs is 8. The van der Waals surface area contributed by atoms with Crippen LogP contribution in [0.2, 0.25) is 0 Å². The highest BCUT2D eigenvalue weighted by Crippen LogP contribution is 2.43. The zero-order valence-electron chi connectivity index (χ0n) is 26.2. The average Bonchev–Trinajstić information content (AvgIpc) is 3.67. The first-order valence-electron chi connectivity index (χ1n) is 16.2. The largest absolute Gasteiger partial charge is 0.355 e. The van der Waals surface area contributed by atoms with E-state index in [0.717, 1.165) is 51.4 Å². The highest BCUT2D eigenvalue weighted by atomic mass is 14.8. The normalized spacial score (nSPS) is 20.8. The number of nitrogens with zero attached hydrogens (tertiary/aromatic N) is 2. The Bertz CT molecular complexity index is 1300. The van der Waals surface area contributed by atoms with Crippen molar-refractivity contribution in [1.82, 2.24) is 19.9 Å². The third-order valence-electron chi connectivity index (χ3n) is 9.92. The minimum atomic E-state index is 0.444. The second kappa shape index (κ2) is 11.9. The van der Waals surface area contributed by atoms with Gasteiger partial charge in [0.2, 0.25) is 0 Å². The van der Waals surface area contributed by atoms with Crippen LogP contribution < -0.4 is 0 Å². The molecule has 0 unspecified atom stereocenters. The summed E-state index contributed by atoms with van der Waals surface area (Å²) in [5.41, 5.74) is 15.6. The summed E-state index contributed by atoms with van der Waals surface area (Å²) in [7, 11) is 0. The Labute approximate surface area is 241 Å². The van der Waals surface area contributed by atoms with Crippen molar-refractivity contribution in [2.24, 2.45) is 0 Å². The zero-order valence-corrected chi connectivity index (χ0v) is 26.2. The lowest BCUT2D eigenvalue weighted by molar-refractivity contribution is 0.533. The van der Waals surface area contributed by atoms with Crippen molar-refractivity contribution >= 4 is 22.1 Å². The summed E-state index contributed by atoms with van der Waals surface area (Å²) in [6, 6.07) is 9.52. The molecule has 2 aliphatic rings. The summed E-state index contributed by atoms with van der Waals surface area (Å²) in [5.74, 6) is 1.78. The average molecular weight is 539 g/mol. The van der Waals surface area contributed by atoms with Crippen LogP contribution in [0.3, 0.4) is 0 Å². The molecule has 5 heterocycles. The van der Waals surface area contributed by atoms with Crippen LogP contribution in [0.15, 0.2) is 24.3 Å². The van der Waals surface area contributed by atoms with Gasteiger partial charge in [-0.15, -0.1) is 0 Å². The van der Waals surface area contributed by atoms with E-state index in [1.165, 1.54) is 67.1 Å². The predicted octanol–water partition coefficient (Wildman–Crippen LogP) is 9.94. The maximum Gasteiger partial charge on any atom is 0.0465 e. The molecule has 4 atom stereocenters. The molecule has 0 saturated carbocycles. The smallest absolute Gasteiger partial charge is 0.0465 e. The van der Waals surface area contributed by atoms with Gasteiger partial charge in [-0.3, -0.25) is 9.97 Å². The Morgan fingerprint density at radius 2 is 0.650 bits per heavy atom. The van der Waals surface area contributed by atoms with Crippen molar-refractivity contribution in [3.05, 3.63) is 69.3 Å². The van der Waals surface area contributed by atoms with Gasteiger partial charge in [0.1, 0.15) is 0 Å². The molecular formula is C36H50N4. The van der Waals surface area contributed by atoms with Crippen LogP contribution in [0.1, 0.15) is 150 Å². The lowest BCUT2D eigenvalue weighted by Gasteiger charge is -2.16. The summed E-state index contributed by atoms with van der Waals surface area (Å²) < 4.78 is 0. The van der Waals surface area contributed by atoms with Crippen LogP contribution in [0, 0.1) is 0 Å². The van der Waals surface area contributed by atoms with Crippen molar-refractivity contribution in [2.45, 2.75) is 130 Å². The number of rotatable bonds is 8. The van der Waals surface area contributed by atoms with Crippen LogP contribution in [0.4, 0.5) is 0 Å². The van der Waals surface area contributed by atoms with Gasteiger partial charge in [-0.1, -0.05) is 55.4 Å². The number of aryl methyl sites for hydroxylation is 4. The zero-order chi connectivity index (χ0) is 28.6. The van der Waals surface area contributed by atoms with Gasteiger partial charge in [-0.25, -0.2) is 0 Å². The Morgan fingerprint density at radius 3 is 0.825 bits per heavy atom. The van der Waals surface area contributed by atoms with Gasteiger partial charge in [0.25, 0.3) is 0 Å². The van der Waals surface area contributed by atoms with Crippen LogP contribution in [0.25, 0.3) is 22.1 Å². The van der Waals surface area contributed by atoms with Crippen LogP contribution in [0.5, 0.6) is 0 Å². The van der Waals surface area contributed by atoms with Gasteiger partial charge in [-0.2, -0.15) is 0 Å². The molecule has 0 amide bonds. The minimum absolute atomic E-state index is 0.444. The monoisotopic (exact) mass is 538 g/mol. The van der Waals surface area contributed by atoms with Crippen molar-refractivity contribution in [2.75, 3.05) is 0 Å². The van der Waals surface area contributed by atoms with E-state index in [4.69, 9.17) is 9.97 Å². The number of nitrogens with one attached hydrogen (secondary N) is 2. The first kappa shape index (κ1) is 28.6. The van der Waals surface area contributed by atoms with Crippen LogP contribution in [-0.4, -0.2) is 19.9 Å². The number of hydrogen-bond donors (Lipinski definition) is 2. The SMILES string of the molecule is CCc1c(CC)c2cc3nc(cc4[nH]c(cc5nc(cc1[nH]2)[C@@H](CC)[C@H]5CC)c(CC)c4CC)[C@H](CC)[C@@H]3CC. The van der Waals surface area contributed by atoms with Crippen molar-refractivity contribution in [3.8, 4) is 0 Å². The van der Waals surface area contributed by atoms with Crippen LogP contribution >= 0.6 is 0 Å². The van der Waals surface area contributed by atoms with E-state index in [-0.39, 0.29) is 0 Å². The van der Waals surface area contributed by atoms with E-state index in [9.17, 15) is 0 Å². The second-order valence-electron chi connectivity index (χ2n) is 11.8. The fourth-order valence-electron chi connectivity index (χ4n) is 7.93. The van der Waals surface area contributed by atoms with Crippen molar-refractivity contribution in [3.63, 3.8) is 0 Å². The molecule has 0 spiro atoms. The molecule has 214 valence electrons. The highest BCUT2D eigenvalue weighted by molar-refractivity contribution is 5.74. The third-order valence-corrected chi connectivity index (χ3v) is 9.92. The Kier molecular flexibility index (Phi) is 8.54. The highest BCUT2D eigenvalue weighted by Gasteiger charge is 2.31. The van der Waals surface area contributed by atoms with Crippen molar-refractivity contribution in [1.29, 1.82) is 0 Å². The molecule has 2 N–H and O–H groups in total. The first-order chi connectivity index (χ1) is 19.5. The molecule has 3 aromatic heterocycles. The quantitative estimate of drug-likeness (QED) is 0.300. The number of aromatic amines is 2. The third kappa shape index (κ3) is 4.72. The Balaban J connectivity index is 1.97. The van der Waals surface area contributed by atoms with Gasteiger partial charge in [0.05, 0.1) is 0 Å². The van der Waals surface area contributed by atoms with E-state index in [2.05, 4.69) is 89.6 Å². The molecule has 0 aromatic carbocycles. The molecular weight excluding hydrogens is 488 g/mol. The lowest BCUT2D eigenvalue weighted by atomic mass is 9.85. The van der Waals surface area contributed by atoms with E-state index < -0.39 is 0 Å². The summed E-state index contributed by atoms with van der Waals surface area (Å²) in [5, 5.41) is 0. The molecule has 40 heavy (non-hydrogen) atoms. The summed E-state index contributed by atoms with van der Waals surface area (Å²) in [4.78, 5) is 18.5. The topological polar surface area (TPSA) is 57.4 Å². The summed E-state index contributed by atoms with van der Waals surface area (Å²) in [6.45, 7) is 18.4. The molecule has 5 rings (SSSR count). The fourth-order valence-corrected chi connectivity index (χ4v) is 7.93. The first-order valence-corrected chi connectivity index (χ1v) is 16.2. The summed E-state index contributed by atoms with van der Waals surface area (Å²) >= 11 is 0. The van der Waals surface area contributed by atoms with Gasteiger partial charge < -0.3 is 9.97 Å². The molecule has 4 nitrogen and oxygen atoms in total. The van der Waals surface area contributed by atoms with E-state index >= 15 is 0 Å². The molecule has 3 aromatic rings. The van der Waals surface area contributed by atoms with Crippen LogP contribution in [-0.2, 0) is 25.7 Å². The van der Waals surface area contributed by atoms with Gasteiger partial charge in [0.15, 0.2) is 0 Å². The maximum atomic E-state index is 5.38. The molecule has 0 saturated heterocycles. The number of H-pyrrole nitrogens is 2. The number of hydrogen-bond acceptors (Lipinski definition) is 2. The number of aromatic nitrogens is 4. The molecule has 0 fully saturated rings. The van der Waals surface area contributed by atoms with E-state index in [1.54, 1.807) is 0 Å². The standard InChI is InChI=1S/C36H50N4/c1-9-21-22(10-2)30-18-32-25(13-5)26(14-6)34(39-32)20-36-28(16-8)27(15-7)35(40-36)19-33-24(12-4)23(11-3)31(38-33)17-29(21)37-30/h17-22,27-28,38-39H,9-16H2,1-8H3/t21-,22+,27-,28+. The van der Waals surface area contributed by atoms with E-state index in [1.807, 2.05) is 0 Å². The maximum absolute atomic E-state index is 5.38. The van der Waals surface area contributed by atoms with Gasteiger partial charge >= 0.3 is 0 Å². The predicted molar refractivity (Wildman–Crippen MR) is 171 cm³/mol. The fraction of sp³-hybridized carbons (Fsp3) is 0.556. The lowest BCUT2D eigenvalue weighted by Crippen LogP contribution is -2.03. The van der Waals surface area contributed by atoms with Gasteiger partial charge in [-0.05, 0) is 97.9 Å². The Morgan fingerprint density at radius 1 is 0.425 bits per heavy atom. The van der Waals surface area contributed by atoms with E-state index in [0.29, 0.717) is 23.7 Å². The molecule has 4 heteroatoms. The Hall–Kier alpha value is -2.88. The van der Waals surface area contributed by atoms with Crippen molar-refractivity contribution < 1.29 is 0 Å². The second-order valence-corrected chi connectivity index (χ2v) is 11.8. The molecule has 0 radical (unpaired) electrons. The summed E-state index contributed by atoms with van der Waals surface area (Å²) in [6.07, 6.45) is 8.46. The minimum Gasteiger partial charge on any atom is -0.355 e. The van der Waals surface area contributed by atoms with Gasteiger partial charge in [0, 0.05) is 68.5 Å². The molecule has 8 bridgehead atoms.